The molecule has 0 unspecified atom stereocenters. The molecule has 4 rings (SSSR count). The maximum atomic E-state index is 13.6. The fourth-order valence-electron chi connectivity index (χ4n) is 4.60. The van der Waals surface area contributed by atoms with Gasteiger partial charge < -0.3 is 14.9 Å². The van der Waals surface area contributed by atoms with E-state index in [1.807, 2.05) is 31.2 Å². The number of rotatable bonds is 4. The first kappa shape index (κ1) is 26.3. The van der Waals surface area contributed by atoms with E-state index in [0.29, 0.717) is 33.2 Å². The lowest BCUT2D eigenvalue weighted by atomic mass is 9.85. The number of carbonyl (C=O) groups is 1. The van der Waals surface area contributed by atoms with Crippen LogP contribution >= 0.6 is 0 Å². The van der Waals surface area contributed by atoms with E-state index in [9.17, 15) is 28.2 Å². The number of nitrogens with zero attached hydrogens (tertiary/aromatic N) is 2. The molecule has 6 nitrogen and oxygen atoms in total. The Morgan fingerprint density at radius 3 is 2.08 bits per heavy atom. The summed E-state index contributed by atoms with van der Waals surface area (Å²) < 4.78 is 46.7. The third kappa shape index (κ3) is 4.83. The first-order chi connectivity index (χ1) is 17.1. The van der Waals surface area contributed by atoms with Crippen LogP contribution in [0.3, 0.4) is 0 Å². The van der Waals surface area contributed by atoms with Gasteiger partial charge in [-0.1, -0.05) is 29.8 Å². The molecule has 0 saturated heterocycles. The van der Waals surface area contributed by atoms with E-state index in [1.165, 1.54) is 0 Å². The second kappa shape index (κ2) is 8.99. The van der Waals surface area contributed by atoms with Crippen LogP contribution in [0.4, 0.5) is 13.2 Å². The molecule has 2 N–H and O–H groups in total. The lowest BCUT2D eigenvalue weighted by Gasteiger charge is -2.29. The summed E-state index contributed by atoms with van der Waals surface area (Å²) in [7, 11) is 0. The van der Waals surface area contributed by atoms with E-state index >= 15 is 0 Å². The van der Waals surface area contributed by atoms with E-state index in [-0.39, 0.29) is 16.4 Å². The maximum absolute atomic E-state index is 13.6. The number of aryl methyl sites for hydroxylation is 3. The Balaban J connectivity index is 2.24. The number of fused-ring (bicyclic) bond motifs is 3. The average molecular weight is 513 g/mol. The summed E-state index contributed by atoms with van der Waals surface area (Å²) in [6.07, 6.45) is -6.11. The molecular weight excluding hydrogens is 485 g/mol. The first-order valence-electron chi connectivity index (χ1n) is 11.6. The van der Waals surface area contributed by atoms with Gasteiger partial charge in [0, 0.05) is 10.9 Å². The van der Waals surface area contributed by atoms with Crippen molar-refractivity contribution >= 4 is 27.8 Å². The highest BCUT2D eigenvalue weighted by Gasteiger charge is 2.35. The molecule has 9 heteroatoms. The summed E-state index contributed by atoms with van der Waals surface area (Å²) >= 11 is 0. The third-order valence-electron chi connectivity index (χ3n) is 6.19. The number of halogens is 3. The number of ether oxygens (including phenoxy) is 1. The first-order valence-corrected chi connectivity index (χ1v) is 11.6. The van der Waals surface area contributed by atoms with Crippen molar-refractivity contribution in [1.29, 1.82) is 0 Å². The zero-order valence-electron chi connectivity index (χ0n) is 21.3. The molecule has 2 aromatic heterocycles. The van der Waals surface area contributed by atoms with Crippen LogP contribution in [0, 0.1) is 20.8 Å². The Morgan fingerprint density at radius 2 is 1.54 bits per heavy atom. The number of aromatic hydroxyl groups is 1. The van der Waals surface area contributed by atoms with Gasteiger partial charge in [0.15, 0.2) is 6.10 Å². The minimum atomic E-state index is -4.70. The summed E-state index contributed by atoms with van der Waals surface area (Å²) in [4.78, 5) is 20.7. The van der Waals surface area contributed by atoms with Gasteiger partial charge in [0.25, 0.3) is 0 Å². The molecule has 0 amide bonds. The minimum Gasteiger partial charge on any atom is -0.493 e. The van der Waals surface area contributed by atoms with Gasteiger partial charge in [-0.05, 0) is 75.9 Å². The van der Waals surface area contributed by atoms with Crippen LogP contribution in [0.15, 0.2) is 36.4 Å². The summed E-state index contributed by atoms with van der Waals surface area (Å²) in [6.45, 7) is 10.4. The second-order valence-electron chi connectivity index (χ2n) is 10.1. The highest BCUT2D eigenvalue weighted by atomic mass is 19.4. The number of alkyl halides is 3. The highest BCUT2D eigenvalue weighted by molar-refractivity contribution is 6.11. The van der Waals surface area contributed by atoms with Crippen LogP contribution in [-0.4, -0.2) is 31.8 Å². The number of hydrogen-bond donors (Lipinski definition) is 2. The molecule has 194 valence electrons. The molecular formula is C28H27F3N2O4. The minimum absolute atomic E-state index is 0.0614. The normalized spacial score (nSPS) is 13.3. The van der Waals surface area contributed by atoms with Crippen molar-refractivity contribution in [3.8, 4) is 17.0 Å². The zero-order chi connectivity index (χ0) is 27.4. The monoisotopic (exact) mass is 512 g/mol. The number of carboxylic acids is 1. The van der Waals surface area contributed by atoms with Gasteiger partial charge in [0.05, 0.1) is 22.0 Å². The van der Waals surface area contributed by atoms with Crippen LogP contribution in [-0.2, 0) is 15.7 Å². The molecule has 0 fully saturated rings. The van der Waals surface area contributed by atoms with Crippen molar-refractivity contribution in [2.24, 2.45) is 0 Å². The Kier molecular flexibility index (Phi) is 6.40. The van der Waals surface area contributed by atoms with E-state index in [4.69, 9.17) is 4.74 Å². The quantitative estimate of drug-likeness (QED) is 0.285. The lowest BCUT2D eigenvalue weighted by Crippen LogP contribution is -2.28. The molecule has 37 heavy (non-hydrogen) atoms. The van der Waals surface area contributed by atoms with Crippen LogP contribution in [0.1, 0.15) is 54.8 Å². The maximum Gasteiger partial charge on any atom is 0.433 e. The van der Waals surface area contributed by atoms with Gasteiger partial charge >= 0.3 is 12.1 Å². The van der Waals surface area contributed by atoms with Crippen LogP contribution in [0.5, 0.6) is 5.88 Å². The molecule has 0 spiro atoms. The standard InChI is InChI=1S/C28H27F3N2O4/c1-13-7-9-16(10-8-13)19-14(2)21-22(15(3)20(19)24(26(35)36)37-27(4,5)6)33-25(34)17-11-12-18(28(29,30)31)32-23(17)21/h7-12,24H,1-6H3,(H,33,34)(H,35,36)/t24-/m0/s1. The lowest BCUT2D eigenvalue weighted by molar-refractivity contribution is -0.160. The third-order valence-corrected chi connectivity index (χ3v) is 6.19. The van der Waals surface area contributed by atoms with Gasteiger partial charge in [-0.2, -0.15) is 13.2 Å². The Bertz CT molecular complexity index is 1540. The van der Waals surface area contributed by atoms with Gasteiger partial charge in [0.1, 0.15) is 5.69 Å². The molecule has 4 aromatic rings. The summed E-state index contributed by atoms with van der Waals surface area (Å²) in [5.74, 6) is -1.73. The number of aromatic nitrogens is 2. The average Bonchev–Trinajstić information content (AvgIpc) is 2.79. The number of aliphatic carboxylic acids is 1. The van der Waals surface area contributed by atoms with E-state index in [0.717, 1.165) is 17.7 Å². The molecule has 0 aliphatic carbocycles. The van der Waals surface area contributed by atoms with Crippen molar-refractivity contribution in [3.63, 3.8) is 0 Å². The number of hydrogen-bond acceptors (Lipinski definition) is 5. The Morgan fingerprint density at radius 1 is 0.919 bits per heavy atom. The largest absolute Gasteiger partial charge is 0.493 e. The smallest absolute Gasteiger partial charge is 0.433 e. The van der Waals surface area contributed by atoms with Crippen molar-refractivity contribution in [2.75, 3.05) is 0 Å². The summed E-state index contributed by atoms with van der Waals surface area (Å²) in [5.41, 5.74) is 1.47. The van der Waals surface area contributed by atoms with Gasteiger partial charge in [-0.25, -0.2) is 14.8 Å². The Hall–Kier alpha value is -3.72. The van der Waals surface area contributed by atoms with Gasteiger partial charge in [0.2, 0.25) is 5.88 Å². The van der Waals surface area contributed by atoms with Crippen LogP contribution in [0.2, 0.25) is 0 Å². The SMILES string of the molecule is Cc1ccc(-c2c([C@H](OC(C)(C)C)C(=O)O)c(C)c3nc(O)c4ccc(C(F)(F)F)nc4c3c2C)cc1. The van der Waals surface area contributed by atoms with Gasteiger partial charge in [-0.15, -0.1) is 0 Å². The Labute approximate surface area is 211 Å². The highest BCUT2D eigenvalue weighted by Crippen LogP contribution is 2.44. The molecule has 1 atom stereocenters. The second-order valence-corrected chi connectivity index (χ2v) is 10.1. The van der Waals surface area contributed by atoms with Crippen molar-refractivity contribution < 1.29 is 32.9 Å². The number of pyridine rings is 2. The van der Waals surface area contributed by atoms with Crippen molar-refractivity contribution in [1.82, 2.24) is 9.97 Å². The molecule has 0 aliphatic rings. The molecule has 2 aromatic carbocycles. The zero-order valence-corrected chi connectivity index (χ0v) is 21.3. The number of carboxylic acid groups (broad SMARTS) is 1. The summed E-state index contributed by atoms with van der Waals surface area (Å²) in [6, 6.07) is 9.33. The van der Waals surface area contributed by atoms with Gasteiger partial charge in [-0.3, -0.25) is 0 Å². The van der Waals surface area contributed by atoms with Crippen LogP contribution < -0.4 is 0 Å². The fourth-order valence-corrected chi connectivity index (χ4v) is 4.60. The van der Waals surface area contributed by atoms with E-state index < -0.39 is 35.4 Å². The van der Waals surface area contributed by atoms with E-state index in [2.05, 4.69) is 9.97 Å². The van der Waals surface area contributed by atoms with Crippen molar-refractivity contribution in [2.45, 2.75) is 59.4 Å². The van der Waals surface area contributed by atoms with E-state index in [1.54, 1.807) is 34.6 Å². The predicted octanol–water partition coefficient (Wildman–Crippen LogP) is 7.04. The topological polar surface area (TPSA) is 92.5 Å². The molecule has 0 saturated carbocycles. The number of benzene rings is 2. The fraction of sp³-hybridized carbons (Fsp3) is 0.321. The molecule has 0 bridgehead atoms. The molecule has 0 aliphatic heterocycles. The molecule has 2 heterocycles. The summed E-state index contributed by atoms with van der Waals surface area (Å²) in [5, 5.41) is 21.2. The predicted molar refractivity (Wildman–Crippen MR) is 135 cm³/mol. The van der Waals surface area contributed by atoms with Crippen molar-refractivity contribution in [3.05, 3.63) is 64.3 Å². The molecule has 0 radical (unpaired) electrons. The van der Waals surface area contributed by atoms with Crippen LogP contribution in [0.25, 0.3) is 32.9 Å².